The van der Waals surface area contributed by atoms with Crippen LogP contribution in [0.1, 0.15) is 11.1 Å². The Bertz CT molecular complexity index is 413. The molecule has 0 N–H and O–H groups in total. The van der Waals surface area contributed by atoms with Crippen LogP contribution in [0.2, 0.25) is 0 Å². The highest BCUT2D eigenvalue weighted by Crippen LogP contribution is 2.29. The summed E-state index contributed by atoms with van der Waals surface area (Å²) in [6, 6.07) is 4.21. The minimum atomic E-state index is -4.37. The van der Waals surface area contributed by atoms with Gasteiger partial charge < -0.3 is 0 Å². The Hall–Kier alpha value is -1.87. The van der Waals surface area contributed by atoms with E-state index in [2.05, 4.69) is 11.6 Å². The van der Waals surface area contributed by atoms with E-state index in [1.165, 1.54) is 18.2 Å². The molecule has 5 heteroatoms. The maximum absolute atomic E-state index is 12.2. The zero-order valence-electron chi connectivity index (χ0n) is 7.51. The van der Waals surface area contributed by atoms with Gasteiger partial charge in [0.1, 0.15) is 0 Å². The lowest BCUT2D eigenvalue weighted by atomic mass is 10.1. The second kappa shape index (κ2) is 4.11. The number of halogens is 3. The standard InChI is InChI=1S/C10H6F3NO/c1-7(14-6-15)8-2-4-9(5-3-8)10(11,12)13/h2-5H,1H2. The molecule has 0 aromatic heterocycles. The molecule has 15 heavy (non-hydrogen) atoms. The molecule has 0 saturated heterocycles. The molecule has 0 radical (unpaired) electrons. The highest BCUT2D eigenvalue weighted by atomic mass is 19.4. The van der Waals surface area contributed by atoms with Gasteiger partial charge in [-0.25, -0.2) is 4.79 Å². The highest BCUT2D eigenvalue weighted by molar-refractivity contribution is 5.67. The topological polar surface area (TPSA) is 29.4 Å². The average Bonchev–Trinajstić information content (AvgIpc) is 2.17. The van der Waals surface area contributed by atoms with E-state index in [1.807, 2.05) is 0 Å². The van der Waals surface area contributed by atoms with Crippen LogP contribution in [0, 0.1) is 0 Å². The van der Waals surface area contributed by atoms with E-state index in [4.69, 9.17) is 0 Å². The summed E-state index contributed by atoms with van der Waals surface area (Å²) in [5, 5.41) is 0. The third-order valence-corrected chi connectivity index (χ3v) is 1.73. The summed E-state index contributed by atoms with van der Waals surface area (Å²) in [6.45, 7) is 3.40. The summed E-state index contributed by atoms with van der Waals surface area (Å²) in [5.41, 5.74) is -0.320. The molecule has 1 aromatic rings. The summed E-state index contributed by atoms with van der Waals surface area (Å²) in [7, 11) is 0. The monoisotopic (exact) mass is 213 g/mol. The van der Waals surface area contributed by atoms with Gasteiger partial charge in [-0.1, -0.05) is 18.7 Å². The van der Waals surface area contributed by atoms with Crippen LogP contribution in [0.5, 0.6) is 0 Å². The Morgan fingerprint density at radius 2 is 1.80 bits per heavy atom. The first-order valence-corrected chi connectivity index (χ1v) is 3.89. The van der Waals surface area contributed by atoms with Crippen LogP contribution in [0.4, 0.5) is 13.2 Å². The molecule has 0 aliphatic rings. The van der Waals surface area contributed by atoms with E-state index in [0.717, 1.165) is 12.1 Å². The van der Waals surface area contributed by atoms with E-state index in [0.29, 0.717) is 5.56 Å². The number of benzene rings is 1. The van der Waals surface area contributed by atoms with Crippen LogP contribution in [0.3, 0.4) is 0 Å². The third-order valence-electron chi connectivity index (χ3n) is 1.73. The van der Waals surface area contributed by atoms with Crippen LogP contribution in [0.15, 0.2) is 35.8 Å². The van der Waals surface area contributed by atoms with E-state index in [-0.39, 0.29) is 5.70 Å². The largest absolute Gasteiger partial charge is 0.416 e. The summed E-state index contributed by atoms with van der Waals surface area (Å²) in [5.74, 6) is 0. The fourth-order valence-corrected chi connectivity index (χ4v) is 0.971. The van der Waals surface area contributed by atoms with Gasteiger partial charge in [0.15, 0.2) is 0 Å². The summed E-state index contributed by atoms with van der Waals surface area (Å²) < 4.78 is 36.5. The van der Waals surface area contributed by atoms with Crippen molar-refractivity contribution in [3.8, 4) is 0 Å². The lowest BCUT2D eigenvalue weighted by molar-refractivity contribution is -0.137. The molecule has 78 valence electrons. The average molecular weight is 213 g/mol. The van der Waals surface area contributed by atoms with Crippen molar-refractivity contribution in [2.45, 2.75) is 6.18 Å². The first-order chi connectivity index (χ1) is 6.95. The molecule has 2 nitrogen and oxygen atoms in total. The summed E-state index contributed by atoms with van der Waals surface area (Å²) in [4.78, 5) is 13.1. The zero-order chi connectivity index (χ0) is 11.5. The molecule has 1 rings (SSSR count). The molecule has 0 spiro atoms. The van der Waals surface area contributed by atoms with Crippen molar-refractivity contribution >= 4 is 11.8 Å². The molecular weight excluding hydrogens is 207 g/mol. The van der Waals surface area contributed by atoms with E-state index in [1.54, 1.807) is 0 Å². The highest BCUT2D eigenvalue weighted by Gasteiger charge is 2.29. The number of alkyl halides is 3. The van der Waals surface area contributed by atoms with Crippen molar-refractivity contribution in [2.24, 2.45) is 4.99 Å². The molecule has 0 unspecified atom stereocenters. The molecular formula is C10H6F3NO. The summed E-state index contributed by atoms with van der Waals surface area (Å²) in [6.07, 6.45) is -3.10. The van der Waals surface area contributed by atoms with Crippen molar-refractivity contribution in [3.05, 3.63) is 42.0 Å². The Morgan fingerprint density at radius 1 is 1.27 bits per heavy atom. The van der Waals surface area contributed by atoms with Crippen LogP contribution < -0.4 is 0 Å². The fourth-order valence-electron chi connectivity index (χ4n) is 0.971. The normalized spacial score (nSPS) is 10.6. The molecule has 0 heterocycles. The van der Waals surface area contributed by atoms with Gasteiger partial charge in [0.25, 0.3) is 0 Å². The van der Waals surface area contributed by atoms with E-state index in [9.17, 15) is 18.0 Å². The lowest BCUT2D eigenvalue weighted by Gasteiger charge is -2.06. The van der Waals surface area contributed by atoms with Crippen LogP contribution in [0.25, 0.3) is 5.70 Å². The van der Waals surface area contributed by atoms with Crippen LogP contribution >= 0.6 is 0 Å². The second-order valence-electron chi connectivity index (χ2n) is 2.72. The van der Waals surface area contributed by atoms with Gasteiger partial charge in [-0.3, -0.25) is 0 Å². The number of rotatable bonds is 2. The molecule has 1 aromatic carbocycles. The van der Waals surface area contributed by atoms with Crippen molar-refractivity contribution < 1.29 is 18.0 Å². The second-order valence-corrected chi connectivity index (χ2v) is 2.72. The maximum Gasteiger partial charge on any atom is 0.416 e. The van der Waals surface area contributed by atoms with Gasteiger partial charge in [0, 0.05) is 5.56 Å². The molecule has 0 aliphatic carbocycles. The molecule has 0 atom stereocenters. The van der Waals surface area contributed by atoms with Crippen molar-refractivity contribution in [2.75, 3.05) is 0 Å². The number of hydrogen-bond acceptors (Lipinski definition) is 2. The molecule has 0 amide bonds. The van der Waals surface area contributed by atoms with Gasteiger partial charge in [0.2, 0.25) is 6.08 Å². The Balaban J connectivity index is 3.00. The minimum absolute atomic E-state index is 0.0822. The number of aliphatic imine (C=N–C) groups is 1. The van der Waals surface area contributed by atoms with Gasteiger partial charge in [-0.15, -0.1) is 0 Å². The van der Waals surface area contributed by atoms with Crippen LogP contribution in [-0.2, 0) is 11.0 Å². The number of isocyanates is 1. The minimum Gasteiger partial charge on any atom is -0.211 e. The summed E-state index contributed by atoms with van der Waals surface area (Å²) >= 11 is 0. The first-order valence-electron chi connectivity index (χ1n) is 3.89. The number of hydrogen-bond donors (Lipinski definition) is 0. The van der Waals surface area contributed by atoms with Crippen molar-refractivity contribution in [1.29, 1.82) is 0 Å². The first kappa shape index (κ1) is 11.2. The SMILES string of the molecule is C=C(N=C=O)c1ccc(C(F)(F)F)cc1. The van der Waals surface area contributed by atoms with Gasteiger partial charge >= 0.3 is 6.18 Å². The van der Waals surface area contributed by atoms with Crippen molar-refractivity contribution in [1.82, 2.24) is 0 Å². The lowest BCUT2D eigenvalue weighted by Crippen LogP contribution is -2.04. The Labute approximate surface area is 83.8 Å². The molecule has 0 bridgehead atoms. The number of nitrogens with zero attached hydrogens (tertiary/aromatic N) is 1. The molecule has 0 aliphatic heterocycles. The third kappa shape index (κ3) is 2.79. The quantitative estimate of drug-likeness (QED) is 0.548. The maximum atomic E-state index is 12.2. The predicted molar refractivity (Wildman–Crippen MR) is 48.6 cm³/mol. The fraction of sp³-hybridized carbons (Fsp3) is 0.100. The Morgan fingerprint density at radius 3 is 2.20 bits per heavy atom. The molecule has 0 fully saturated rings. The Kier molecular flexibility index (Phi) is 3.07. The smallest absolute Gasteiger partial charge is 0.211 e. The van der Waals surface area contributed by atoms with Gasteiger partial charge in [-0.2, -0.15) is 18.2 Å². The predicted octanol–water partition coefficient (Wildman–Crippen LogP) is 3.01. The van der Waals surface area contributed by atoms with Crippen LogP contribution in [-0.4, -0.2) is 6.08 Å². The van der Waals surface area contributed by atoms with Gasteiger partial charge in [0.05, 0.1) is 11.3 Å². The van der Waals surface area contributed by atoms with E-state index >= 15 is 0 Å². The zero-order valence-corrected chi connectivity index (χ0v) is 7.51. The van der Waals surface area contributed by atoms with E-state index < -0.39 is 11.7 Å². The number of carbonyl (C=O) groups excluding carboxylic acids is 1. The molecule has 0 saturated carbocycles. The van der Waals surface area contributed by atoms with Gasteiger partial charge in [-0.05, 0) is 12.1 Å². The van der Waals surface area contributed by atoms with Crippen molar-refractivity contribution in [3.63, 3.8) is 0 Å².